The summed E-state index contributed by atoms with van der Waals surface area (Å²) in [6, 6.07) is 5.42. The van der Waals surface area contributed by atoms with Gasteiger partial charge < -0.3 is 15.4 Å². The van der Waals surface area contributed by atoms with Crippen LogP contribution in [0.1, 0.15) is 36.7 Å². The summed E-state index contributed by atoms with van der Waals surface area (Å²) in [5, 5.41) is 7.04. The van der Waals surface area contributed by atoms with E-state index in [1.807, 2.05) is 11.4 Å². The summed E-state index contributed by atoms with van der Waals surface area (Å²) in [6.45, 7) is 6.74. The Balaban J connectivity index is 2.65. The zero-order chi connectivity index (χ0) is 19.7. The van der Waals surface area contributed by atoms with Crippen molar-refractivity contribution < 1.29 is 23.9 Å². The van der Waals surface area contributed by atoms with E-state index in [0.717, 1.165) is 5.56 Å². The molecular formula is C18H25N3O5. The molecule has 0 saturated heterocycles. The summed E-state index contributed by atoms with van der Waals surface area (Å²) >= 11 is 0. The number of carbonyl (C=O) groups excluding carboxylic acids is 4. The summed E-state index contributed by atoms with van der Waals surface area (Å²) in [5.41, 5.74) is 1.24. The molecule has 8 nitrogen and oxygen atoms in total. The Morgan fingerprint density at radius 3 is 2.35 bits per heavy atom. The molecule has 0 aliphatic rings. The summed E-state index contributed by atoms with van der Waals surface area (Å²) in [7, 11) is 0. The minimum atomic E-state index is -0.917. The number of esters is 1. The van der Waals surface area contributed by atoms with E-state index in [-0.39, 0.29) is 5.92 Å². The minimum Gasteiger partial charge on any atom is -0.454 e. The van der Waals surface area contributed by atoms with Gasteiger partial charge in [0.25, 0.3) is 11.8 Å². The van der Waals surface area contributed by atoms with Crippen LogP contribution < -0.4 is 16.0 Å². The monoisotopic (exact) mass is 363 g/mol. The van der Waals surface area contributed by atoms with E-state index in [0.29, 0.717) is 12.1 Å². The van der Waals surface area contributed by atoms with Gasteiger partial charge in [-0.25, -0.2) is 9.59 Å². The minimum absolute atomic E-state index is 0.248. The average Bonchev–Trinajstić information content (AvgIpc) is 2.57. The summed E-state index contributed by atoms with van der Waals surface area (Å²) in [6.07, 6.45) is 0. The van der Waals surface area contributed by atoms with Gasteiger partial charge in [-0.05, 0) is 31.4 Å². The standard InChI is InChI=1S/C18H25N3O5/c1-5-19-18(25)20-14(22)10-26-17(24)15(11(2)3)21-16(23)13-9-7-6-8-12(13)4/h6-9,11,15H,5,10H2,1-4H3,(H,21,23)(H2,19,20,22,25)/t15-/m0/s1. The van der Waals surface area contributed by atoms with E-state index >= 15 is 0 Å². The zero-order valence-corrected chi connectivity index (χ0v) is 15.4. The highest BCUT2D eigenvalue weighted by molar-refractivity contribution is 5.98. The van der Waals surface area contributed by atoms with Crippen LogP contribution in [0.4, 0.5) is 4.79 Å². The second-order valence-electron chi connectivity index (χ2n) is 6.03. The van der Waals surface area contributed by atoms with E-state index in [4.69, 9.17) is 4.74 Å². The Labute approximate surface area is 152 Å². The van der Waals surface area contributed by atoms with Crippen molar-refractivity contribution in [2.45, 2.75) is 33.7 Å². The van der Waals surface area contributed by atoms with Crippen molar-refractivity contribution in [3.63, 3.8) is 0 Å². The third-order valence-corrected chi connectivity index (χ3v) is 3.53. The number of rotatable bonds is 7. The van der Waals surface area contributed by atoms with Gasteiger partial charge in [0.2, 0.25) is 0 Å². The average molecular weight is 363 g/mol. The van der Waals surface area contributed by atoms with Crippen molar-refractivity contribution in [1.29, 1.82) is 0 Å². The fourth-order valence-electron chi connectivity index (χ4n) is 2.14. The molecule has 142 valence electrons. The highest BCUT2D eigenvalue weighted by atomic mass is 16.5. The van der Waals surface area contributed by atoms with Crippen molar-refractivity contribution in [2.75, 3.05) is 13.2 Å². The molecule has 0 spiro atoms. The molecule has 1 aromatic carbocycles. The number of imide groups is 1. The van der Waals surface area contributed by atoms with Crippen LogP contribution in [0, 0.1) is 12.8 Å². The third kappa shape index (κ3) is 6.54. The molecule has 1 rings (SSSR count). The van der Waals surface area contributed by atoms with E-state index < -0.39 is 36.5 Å². The molecule has 0 radical (unpaired) electrons. The molecule has 3 N–H and O–H groups in total. The predicted molar refractivity (Wildman–Crippen MR) is 95.4 cm³/mol. The van der Waals surface area contributed by atoms with Crippen LogP contribution in [0.5, 0.6) is 0 Å². The molecule has 8 heteroatoms. The number of hydrogen-bond donors (Lipinski definition) is 3. The molecule has 0 heterocycles. The fourth-order valence-corrected chi connectivity index (χ4v) is 2.14. The highest BCUT2D eigenvalue weighted by Crippen LogP contribution is 2.10. The molecule has 0 aromatic heterocycles. The van der Waals surface area contributed by atoms with Crippen LogP contribution in [-0.4, -0.2) is 43.0 Å². The summed E-state index contributed by atoms with van der Waals surface area (Å²) in [5.74, 6) is -2.14. The maximum Gasteiger partial charge on any atom is 0.329 e. The molecule has 0 aliphatic carbocycles. The van der Waals surface area contributed by atoms with Gasteiger partial charge in [0.1, 0.15) is 6.04 Å². The van der Waals surface area contributed by atoms with E-state index in [1.54, 1.807) is 45.9 Å². The first-order chi connectivity index (χ1) is 12.3. The topological polar surface area (TPSA) is 114 Å². The van der Waals surface area contributed by atoms with Crippen LogP contribution in [0.3, 0.4) is 0 Å². The smallest absolute Gasteiger partial charge is 0.329 e. The Hall–Kier alpha value is -2.90. The number of nitrogens with one attached hydrogen (secondary N) is 3. The van der Waals surface area contributed by atoms with Gasteiger partial charge in [-0.3, -0.25) is 14.9 Å². The molecule has 1 atom stereocenters. The Bertz CT molecular complexity index is 673. The number of carbonyl (C=O) groups is 4. The third-order valence-electron chi connectivity index (χ3n) is 3.53. The fraction of sp³-hybridized carbons (Fsp3) is 0.444. The van der Waals surface area contributed by atoms with Gasteiger partial charge >= 0.3 is 12.0 Å². The number of aryl methyl sites for hydroxylation is 1. The van der Waals surface area contributed by atoms with E-state index in [1.165, 1.54) is 0 Å². The molecule has 0 fully saturated rings. The summed E-state index contributed by atoms with van der Waals surface area (Å²) in [4.78, 5) is 47.4. The first kappa shape index (κ1) is 21.1. The van der Waals surface area contributed by atoms with Crippen LogP contribution in [0.2, 0.25) is 0 Å². The van der Waals surface area contributed by atoms with E-state index in [2.05, 4.69) is 10.6 Å². The van der Waals surface area contributed by atoms with Gasteiger partial charge in [0.15, 0.2) is 6.61 Å². The Morgan fingerprint density at radius 1 is 1.12 bits per heavy atom. The lowest BCUT2D eigenvalue weighted by Crippen LogP contribution is -2.47. The number of hydrogen-bond acceptors (Lipinski definition) is 5. The Kier molecular flexibility index (Phi) is 8.27. The van der Waals surface area contributed by atoms with Crippen molar-refractivity contribution in [2.24, 2.45) is 5.92 Å². The van der Waals surface area contributed by atoms with Gasteiger partial charge in [0, 0.05) is 12.1 Å². The normalized spacial score (nSPS) is 11.4. The lowest BCUT2D eigenvalue weighted by molar-refractivity contribution is -0.151. The Morgan fingerprint density at radius 2 is 1.77 bits per heavy atom. The first-order valence-electron chi connectivity index (χ1n) is 8.37. The van der Waals surface area contributed by atoms with Crippen LogP contribution >= 0.6 is 0 Å². The molecular weight excluding hydrogens is 338 g/mol. The maximum absolute atomic E-state index is 12.4. The predicted octanol–water partition coefficient (Wildman–Crippen LogP) is 1.14. The van der Waals surface area contributed by atoms with Crippen molar-refractivity contribution >= 4 is 23.8 Å². The molecule has 0 aliphatic heterocycles. The molecule has 1 aromatic rings. The zero-order valence-electron chi connectivity index (χ0n) is 15.4. The number of benzene rings is 1. The van der Waals surface area contributed by atoms with Crippen molar-refractivity contribution in [3.8, 4) is 0 Å². The molecule has 26 heavy (non-hydrogen) atoms. The lowest BCUT2D eigenvalue weighted by Gasteiger charge is -2.21. The first-order valence-corrected chi connectivity index (χ1v) is 8.37. The number of urea groups is 1. The van der Waals surface area contributed by atoms with Gasteiger partial charge in [-0.2, -0.15) is 0 Å². The molecule has 0 bridgehead atoms. The largest absolute Gasteiger partial charge is 0.454 e. The second kappa shape index (κ2) is 10.2. The number of amides is 4. The summed E-state index contributed by atoms with van der Waals surface area (Å²) < 4.78 is 4.93. The lowest BCUT2D eigenvalue weighted by atomic mass is 10.0. The van der Waals surface area contributed by atoms with E-state index in [9.17, 15) is 19.2 Å². The maximum atomic E-state index is 12.4. The van der Waals surface area contributed by atoms with Crippen molar-refractivity contribution in [3.05, 3.63) is 35.4 Å². The van der Waals surface area contributed by atoms with Crippen LogP contribution in [-0.2, 0) is 14.3 Å². The number of ether oxygens (including phenoxy) is 1. The van der Waals surface area contributed by atoms with Gasteiger partial charge in [0.05, 0.1) is 0 Å². The molecule has 4 amide bonds. The quantitative estimate of drug-likeness (QED) is 0.629. The van der Waals surface area contributed by atoms with Crippen LogP contribution in [0.15, 0.2) is 24.3 Å². The highest BCUT2D eigenvalue weighted by Gasteiger charge is 2.27. The second-order valence-corrected chi connectivity index (χ2v) is 6.03. The molecule has 0 saturated carbocycles. The molecule has 0 unspecified atom stereocenters. The SMILES string of the molecule is CCNC(=O)NC(=O)COC(=O)[C@@H](NC(=O)c1ccccc1C)C(C)C. The van der Waals surface area contributed by atoms with Crippen LogP contribution in [0.25, 0.3) is 0 Å². The van der Waals surface area contributed by atoms with Gasteiger partial charge in [-0.15, -0.1) is 0 Å². The van der Waals surface area contributed by atoms with Gasteiger partial charge in [-0.1, -0.05) is 32.0 Å². The van der Waals surface area contributed by atoms with Crippen molar-refractivity contribution in [1.82, 2.24) is 16.0 Å².